The molecule has 0 spiro atoms. The lowest BCUT2D eigenvalue weighted by molar-refractivity contribution is -0.132. The molecule has 1 unspecified atom stereocenters. The zero-order valence-electron chi connectivity index (χ0n) is 22.8. The van der Waals surface area contributed by atoms with Crippen molar-refractivity contribution < 1.29 is 19.4 Å². The Balaban J connectivity index is 1.39. The lowest BCUT2D eigenvalue weighted by Gasteiger charge is -2.21. The summed E-state index contributed by atoms with van der Waals surface area (Å²) in [5.41, 5.74) is 4.29. The highest BCUT2D eigenvalue weighted by Gasteiger charge is 2.48. The van der Waals surface area contributed by atoms with Gasteiger partial charge >= 0.3 is 5.91 Å². The molecule has 0 radical (unpaired) electrons. The maximum Gasteiger partial charge on any atom is 0.301 e. The highest BCUT2D eigenvalue weighted by Crippen LogP contribution is 2.45. The number of Topliss-reactive ketones (excluding diaryl/α,β-unsaturated/α-hetero) is 1. The van der Waals surface area contributed by atoms with Crippen molar-refractivity contribution in [3.05, 3.63) is 117 Å². The normalized spacial score (nSPS) is 16.7. The molecule has 1 aliphatic heterocycles. The molecule has 3 aromatic carbocycles. The summed E-state index contributed by atoms with van der Waals surface area (Å²) < 4.78 is 6.94. The third kappa shape index (κ3) is 5.05. The number of carbonyl (C=O) groups is 2. The number of carbonyl (C=O) groups excluding carboxylic acids is 2. The number of aryl methyl sites for hydroxylation is 1. The van der Waals surface area contributed by atoms with Crippen molar-refractivity contribution in [1.82, 2.24) is 4.98 Å². The fraction of sp³-hybridized carbons (Fsp3) is 0.182. The van der Waals surface area contributed by atoms with Crippen LogP contribution in [0.4, 0.5) is 5.13 Å². The molecule has 1 N–H and O–H groups in total. The maximum atomic E-state index is 13.5. The second-order valence-corrected chi connectivity index (χ2v) is 12.3. The van der Waals surface area contributed by atoms with Gasteiger partial charge in [-0.2, -0.15) is 0 Å². The first kappa shape index (κ1) is 26.9. The minimum Gasteiger partial charge on any atom is -0.507 e. The summed E-state index contributed by atoms with van der Waals surface area (Å²) in [6, 6.07) is 24.2. The lowest BCUT2D eigenvalue weighted by Crippen LogP contribution is -2.28. The van der Waals surface area contributed by atoms with Gasteiger partial charge in [0.25, 0.3) is 5.78 Å². The number of rotatable bonds is 7. The van der Waals surface area contributed by atoms with Crippen LogP contribution in [0.5, 0.6) is 5.75 Å². The van der Waals surface area contributed by atoms with Gasteiger partial charge in [0.15, 0.2) is 5.13 Å². The predicted octanol–water partition coefficient (Wildman–Crippen LogP) is 7.99. The number of hydrogen-bond acceptors (Lipinski definition) is 7. The third-order valence-electron chi connectivity index (χ3n) is 7.22. The molecule has 0 bridgehead atoms. The number of hydrogen-bond donors (Lipinski definition) is 1. The van der Waals surface area contributed by atoms with E-state index in [1.165, 1.54) is 33.1 Å². The first-order chi connectivity index (χ1) is 19.8. The number of anilines is 1. The van der Waals surface area contributed by atoms with Gasteiger partial charge in [-0.05, 0) is 71.3 Å². The number of thiazole rings is 1. The van der Waals surface area contributed by atoms with Crippen molar-refractivity contribution in [2.75, 3.05) is 4.90 Å². The Bertz CT molecular complexity index is 1790. The van der Waals surface area contributed by atoms with E-state index in [-0.39, 0.29) is 11.3 Å². The van der Waals surface area contributed by atoms with Crippen molar-refractivity contribution in [2.45, 2.75) is 39.3 Å². The molecule has 1 amide bonds. The summed E-state index contributed by atoms with van der Waals surface area (Å²) in [6.45, 7) is 6.56. The Hall–Kier alpha value is -4.27. The summed E-state index contributed by atoms with van der Waals surface area (Å²) >= 11 is 2.80. The number of aromatic nitrogens is 1. The standard InChI is InChI=1S/C33H28N2O4S2/c1-19(2)22-11-13-24-27(17-22)41-33(34-24)35-29(26-10-7-15-40-26)28(31(37)32(35)38)30(36)23-12-14-25(20(3)16-23)39-18-21-8-5-4-6-9-21/h4-17,19,29,36H,18H2,1-3H3/b30-28+. The molecule has 2 aromatic heterocycles. The zero-order valence-corrected chi connectivity index (χ0v) is 24.5. The number of aliphatic hydroxyl groups excluding tert-OH is 1. The second kappa shape index (κ2) is 11.0. The fourth-order valence-corrected chi connectivity index (χ4v) is 6.85. The highest BCUT2D eigenvalue weighted by atomic mass is 32.1. The van der Waals surface area contributed by atoms with Crippen LogP contribution in [0.2, 0.25) is 0 Å². The Morgan fingerprint density at radius 2 is 1.83 bits per heavy atom. The third-order valence-corrected chi connectivity index (χ3v) is 9.16. The average molecular weight is 581 g/mol. The molecule has 1 saturated heterocycles. The molecular formula is C33H28N2O4S2. The van der Waals surface area contributed by atoms with Gasteiger partial charge in [-0.3, -0.25) is 14.5 Å². The van der Waals surface area contributed by atoms with Gasteiger partial charge < -0.3 is 9.84 Å². The van der Waals surface area contributed by atoms with Crippen molar-refractivity contribution in [3.8, 4) is 5.75 Å². The topological polar surface area (TPSA) is 79.7 Å². The quantitative estimate of drug-likeness (QED) is 0.120. The number of fused-ring (bicyclic) bond motifs is 1. The molecule has 0 saturated carbocycles. The van der Waals surface area contributed by atoms with Crippen LogP contribution in [0.15, 0.2) is 89.8 Å². The van der Waals surface area contributed by atoms with E-state index >= 15 is 0 Å². The van der Waals surface area contributed by atoms with Gasteiger partial charge in [-0.25, -0.2) is 4.98 Å². The first-order valence-electron chi connectivity index (χ1n) is 13.3. The van der Waals surface area contributed by atoms with E-state index in [2.05, 4.69) is 19.9 Å². The van der Waals surface area contributed by atoms with Crippen molar-refractivity contribution in [3.63, 3.8) is 0 Å². The molecule has 6 nitrogen and oxygen atoms in total. The van der Waals surface area contributed by atoms with Gasteiger partial charge in [0.2, 0.25) is 0 Å². The highest BCUT2D eigenvalue weighted by molar-refractivity contribution is 7.22. The van der Waals surface area contributed by atoms with E-state index in [1.807, 2.05) is 66.9 Å². The van der Waals surface area contributed by atoms with E-state index in [4.69, 9.17) is 9.72 Å². The number of benzene rings is 3. The van der Waals surface area contributed by atoms with E-state index in [9.17, 15) is 14.7 Å². The van der Waals surface area contributed by atoms with E-state index < -0.39 is 17.7 Å². The van der Waals surface area contributed by atoms with Crippen LogP contribution >= 0.6 is 22.7 Å². The summed E-state index contributed by atoms with van der Waals surface area (Å²) in [5, 5.41) is 13.9. The summed E-state index contributed by atoms with van der Waals surface area (Å²) in [6.07, 6.45) is 0. The van der Waals surface area contributed by atoms with Gasteiger partial charge in [0.05, 0.1) is 15.8 Å². The molecule has 0 aliphatic carbocycles. The van der Waals surface area contributed by atoms with Crippen LogP contribution in [-0.4, -0.2) is 21.8 Å². The minimum absolute atomic E-state index is 0.0527. The van der Waals surface area contributed by atoms with Gasteiger partial charge in [0, 0.05) is 10.4 Å². The zero-order chi connectivity index (χ0) is 28.7. The van der Waals surface area contributed by atoms with E-state index in [0.29, 0.717) is 29.0 Å². The van der Waals surface area contributed by atoms with Crippen LogP contribution in [0.25, 0.3) is 16.0 Å². The predicted molar refractivity (Wildman–Crippen MR) is 165 cm³/mol. The monoisotopic (exact) mass is 580 g/mol. The number of ether oxygens (including phenoxy) is 1. The van der Waals surface area contributed by atoms with Crippen molar-refractivity contribution in [1.29, 1.82) is 0 Å². The Morgan fingerprint density at radius 1 is 1.02 bits per heavy atom. The van der Waals surface area contributed by atoms with Crippen molar-refractivity contribution >= 4 is 55.5 Å². The molecule has 41 heavy (non-hydrogen) atoms. The number of aliphatic hydroxyl groups is 1. The molecule has 8 heteroatoms. The Kier molecular flexibility index (Phi) is 7.19. The molecule has 1 aliphatic rings. The maximum absolute atomic E-state index is 13.5. The van der Waals surface area contributed by atoms with Crippen LogP contribution < -0.4 is 9.64 Å². The molecule has 5 aromatic rings. The molecule has 6 rings (SSSR count). The summed E-state index contributed by atoms with van der Waals surface area (Å²) in [5.74, 6) is -0.623. The summed E-state index contributed by atoms with van der Waals surface area (Å²) in [4.78, 5) is 34.0. The van der Waals surface area contributed by atoms with Crippen LogP contribution in [0.1, 0.15) is 52.9 Å². The minimum atomic E-state index is -0.783. The molecule has 1 fully saturated rings. The molecular weight excluding hydrogens is 553 g/mol. The van der Waals surface area contributed by atoms with Crippen LogP contribution in [0.3, 0.4) is 0 Å². The van der Waals surface area contributed by atoms with Gasteiger partial charge in [-0.1, -0.05) is 67.6 Å². The molecule has 206 valence electrons. The number of nitrogens with zero attached hydrogens (tertiary/aromatic N) is 2. The van der Waals surface area contributed by atoms with Gasteiger partial charge in [-0.15, -0.1) is 11.3 Å². The first-order valence-corrected chi connectivity index (χ1v) is 15.0. The molecule has 1 atom stereocenters. The number of ketones is 1. The van der Waals surface area contributed by atoms with Crippen LogP contribution in [-0.2, 0) is 16.2 Å². The van der Waals surface area contributed by atoms with E-state index in [0.717, 1.165) is 26.2 Å². The Labute approximate surface area is 246 Å². The second-order valence-electron chi connectivity index (χ2n) is 10.3. The van der Waals surface area contributed by atoms with Crippen molar-refractivity contribution in [2.24, 2.45) is 0 Å². The largest absolute Gasteiger partial charge is 0.507 e. The SMILES string of the molecule is Cc1cc(/C(O)=C2\C(=O)C(=O)N(c3nc4ccc(C(C)C)cc4s3)C2c2cccs2)ccc1OCc1ccccc1. The average Bonchev–Trinajstić information content (AvgIpc) is 3.70. The number of thiophene rings is 1. The van der Waals surface area contributed by atoms with Crippen LogP contribution in [0, 0.1) is 6.92 Å². The fourth-order valence-electron chi connectivity index (χ4n) is 4.99. The lowest BCUT2D eigenvalue weighted by atomic mass is 9.99. The summed E-state index contributed by atoms with van der Waals surface area (Å²) in [7, 11) is 0. The van der Waals surface area contributed by atoms with Gasteiger partial charge in [0.1, 0.15) is 24.2 Å². The Morgan fingerprint density at radius 3 is 2.54 bits per heavy atom. The number of amides is 1. The molecule has 3 heterocycles. The van der Waals surface area contributed by atoms with E-state index in [1.54, 1.807) is 18.2 Å². The smallest absolute Gasteiger partial charge is 0.301 e.